The number of hydrogen-bond donors (Lipinski definition) is 1. The van der Waals surface area contributed by atoms with Crippen molar-refractivity contribution in [3.63, 3.8) is 0 Å². The van der Waals surface area contributed by atoms with Crippen LogP contribution < -0.4 is 4.72 Å². The van der Waals surface area contributed by atoms with Gasteiger partial charge in [0.05, 0.1) is 14.9 Å². The third-order valence-electron chi connectivity index (χ3n) is 4.19. The van der Waals surface area contributed by atoms with Gasteiger partial charge in [0.1, 0.15) is 0 Å². The van der Waals surface area contributed by atoms with E-state index in [9.17, 15) is 13.2 Å². The molecule has 29 heavy (non-hydrogen) atoms. The van der Waals surface area contributed by atoms with E-state index in [1.54, 1.807) is 42.2 Å². The lowest BCUT2D eigenvalue weighted by Crippen LogP contribution is -2.35. The number of rotatable bonds is 8. The average molecular weight is 455 g/mol. The largest absolute Gasteiger partial charge is 0.332 e. The molecule has 0 atom stereocenters. The molecule has 0 unspecified atom stereocenters. The quantitative estimate of drug-likeness (QED) is 0.585. The Morgan fingerprint density at radius 3 is 2.31 bits per heavy atom. The first-order valence-electron chi connectivity index (χ1n) is 9.16. The van der Waals surface area contributed by atoms with Gasteiger partial charge in [0, 0.05) is 25.2 Å². The predicted octanol–water partition coefficient (Wildman–Crippen LogP) is 4.74. The minimum absolute atomic E-state index is 0.0192. The summed E-state index contributed by atoms with van der Waals surface area (Å²) in [5.41, 5.74) is 1.61. The van der Waals surface area contributed by atoms with E-state index >= 15 is 0 Å². The number of amides is 1. The van der Waals surface area contributed by atoms with Crippen LogP contribution in [0.15, 0.2) is 53.4 Å². The average Bonchev–Trinajstić information content (AvgIpc) is 2.67. The van der Waals surface area contributed by atoms with Crippen molar-refractivity contribution in [2.75, 3.05) is 6.54 Å². The van der Waals surface area contributed by atoms with E-state index in [0.29, 0.717) is 23.1 Å². The highest BCUT2D eigenvalue weighted by Gasteiger charge is 2.16. The maximum atomic E-state index is 12.7. The fraction of sp³-hybridized carbons (Fsp3) is 0.286. The summed E-state index contributed by atoms with van der Waals surface area (Å²) < 4.78 is 26.4. The van der Waals surface area contributed by atoms with E-state index in [4.69, 9.17) is 23.2 Å². The Kier molecular flexibility index (Phi) is 8.28. The van der Waals surface area contributed by atoms with Crippen LogP contribution in [-0.2, 0) is 21.4 Å². The van der Waals surface area contributed by atoms with Crippen LogP contribution in [0.2, 0.25) is 10.0 Å². The second-order valence-corrected chi connectivity index (χ2v) is 9.29. The fourth-order valence-corrected chi connectivity index (χ4v) is 4.01. The lowest BCUT2D eigenvalue weighted by atomic mass is 10.1. The Hall–Kier alpha value is -1.86. The minimum atomic E-state index is -3.49. The molecule has 2 rings (SSSR count). The Morgan fingerprint density at radius 2 is 1.76 bits per heavy atom. The first kappa shape index (κ1) is 23.4. The van der Waals surface area contributed by atoms with E-state index in [1.807, 2.05) is 19.9 Å². The molecule has 156 valence electrons. The van der Waals surface area contributed by atoms with E-state index in [2.05, 4.69) is 4.72 Å². The highest BCUT2D eigenvalue weighted by Crippen LogP contribution is 2.23. The molecule has 0 aliphatic carbocycles. The summed E-state index contributed by atoms with van der Waals surface area (Å²) in [4.78, 5) is 14.6. The molecule has 0 fully saturated rings. The molecular formula is C21H24Cl2N2O3S. The standard InChI is InChI=1S/C21H24Cl2N2O3S/c1-4-24-29(27,28)18-9-5-16(6-10-18)8-12-21(26)25(15(2)3)14-17-7-11-19(22)20(23)13-17/h5-13,15,24H,4,14H2,1-3H3/b12-8+. The van der Waals surface area contributed by atoms with E-state index in [0.717, 1.165) is 11.1 Å². The van der Waals surface area contributed by atoms with Gasteiger partial charge in [-0.1, -0.05) is 48.3 Å². The van der Waals surface area contributed by atoms with Gasteiger partial charge < -0.3 is 4.90 Å². The summed E-state index contributed by atoms with van der Waals surface area (Å²) in [6, 6.07) is 11.6. The van der Waals surface area contributed by atoms with E-state index in [-0.39, 0.29) is 16.8 Å². The molecule has 1 N–H and O–H groups in total. The van der Waals surface area contributed by atoms with E-state index in [1.165, 1.54) is 18.2 Å². The van der Waals surface area contributed by atoms with Crippen molar-refractivity contribution in [1.82, 2.24) is 9.62 Å². The Morgan fingerprint density at radius 1 is 1.10 bits per heavy atom. The van der Waals surface area contributed by atoms with Gasteiger partial charge in [-0.15, -0.1) is 0 Å². The molecule has 0 spiro atoms. The molecule has 0 saturated carbocycles. The van der Waals surface area contributed by atoms with Gasteiger partial charge in [0.15, 0.2) is 0 Å². The van der Waals surface area contributed by atoms with Crippen molar-refractivity contribution in [1.29, 1.82) is 0 Å². The molecule has 0 aromatic heterocycles. The molecule has 5 nitrogen and oxygen atoms in total. The van der Waals surface area contributed by atoms with Crippen molar-refractivity contribution >= 4 is 45.2 Å². The van der Waals surface area contributed by atoms with Crippen molar-refractivity contribution < 1.29 is 13.2 Å². The molecule has 0 bridgehead atoms. The zero-order chi connectivity index (χ0) is 21.6. The smallest absolute Gasteiger partial charge is 0.247 e. The van der Waals surface area contributed by atoms with Gasteiger partial charge >= 0.3 is 0 Å². The summed E-state index contributed by atoms with van der Waals surface area (Å²) in [6.07, 6.45) is 3.14. The lowest BCUT2D eigenvalue weighted by molar-refractivity contribution is -0.128. The Balaban J connectivity index is 2.12. The molecular weight excluding hydrogens is 431 g/mol. The Labute approximate surface area is 182 Å². The number of halogens is 2. The molecule has 8 heteroatoms. The third kappa shape index (κ3) is 6.57. The lowest BCUT2D eigenvalue weighted by Gasteiger charge is -2.25. The number of nitrogens with zero attached hydrogens (tertiary/aromatic N) is 1. The van der Waals surface area contributed by atoms with Crippen LogP contribution in [0.5, 0.6) is 0 Å². The zero-order valence-electron chi connectivity index (χ0n) is 16.5. The molecule has 0 aliphatic heterocycles. The fourth-order valence-electron chi connectivity index (χ4n) is 2.64. The molecule has 2 aromatic carbocycles. The first-order valence-corrected chi connectivity index (χ1v) is 11.4. The highest BCUT2D eigenvalue weighted by molar-refractivity contribution is 7.89. The number of hydrogen-bond acceptors (Lipinski definition) is 3. The van der Waals surface area contributed by atoms with Crippen LogP contribution in [0.1, 0.15) is 31.9 Å². The number of benzene rings is 2. The van der Waals surface area contributed by atoms with Crippen LogP contribution in [0, 0.1) is 0 Å². The minimum Gasteiger partial charge on any atom is -0.332 e. The van der Waals surface area contributed by atoms with Crippen molar-refractivity contribution in [3.05, 3.63) is 69.7 Å². The Bertz CT molecular complexity index is 987. The third-order valence-corrected chi connectivity index (χ3v) is 6.49. The molecule has 0 radical (unpaired) electrons. The molecule has 0 saturated heterocycles. The predicted molar refractivity (Wildman–Crippen MR) is 118 cm³/mol. The van der Waals surface area contributed by atoms with Crippen LogP contribution in [-0.4, -0.2) is 31.8 Å². The summed E-state index contributed by atoms with van der Waals surface area (Å²) >= 11 is 12.0. The summed E-state index contributed by atoms with van der Waals surface area (Å²) in [5, 5.41) is 0.917. The normalized spacial score (nSPS) is 11.9. The van der Waals surface area contributed by atoms with E-state index < -0.39 is 10.0 Å². The zero-order valence-corrected chi connectivity index (χ0v) is 18.9. The van der Waals surface area contributed by atoms with Gasteiger partial charge in [-0.25, -0.2) is 13.1 Å². The SMILES string of the molecule is CCNS(=O)(=O)c1ccc(/C=C/C(=O)N(Cc2ccc(Cl)c(Cl)c2)C(C)C)cc1. The highest BCUT2D eigenvalue weighted by atomic mass is 35.5. The topological polar surface area (TPSA) is 66.5 Å². The van der Waals surface area contributed by atoms with Gasteiger partial charge in [-0.2, -0.15) is 0 Å². The van der Waals surface area contributed by atoms with Gasteiger partial charge in [-0.05, 0) is 55.3 Å². The van der Waals surface area contributed by atoms with Crippen molar-refractivity contribution in [2.45, 2.75) is 38.3 Å². The number of carbonyl (C=O) groups is 1. The van der Waals surface area contributed by atoms with Crippen LogP contribution in [0.25, 0.3) is 6.08 Å². The summed E-state index contributed by atoms with van der Waals surface area (Å²) in [6.45, 7) is 6.31. The van der Waals surface area contributed by atoms with Crippen molar-refractivity contribution in [2.24, 2.45) is 0 Å². The molecule has 1 amide bonds. The number of nitrogens with one attached hydrogen (secondary N) is 1. The monoisotopic (exact) mass is 454 g/mol. The first-order chi connectivity index (χ1) is 13.6. The number of carbonyl (C=O) groups excluding carboxylic acids is 1. The van der Waals surface area contributed by atoms with Crippen LogP contribution in [0.3, 0.4) is 0 Å². The molecule has 2 aromatic rings. The van der Waals surface area contributed by atoms with Gasteiger partial charge in [0.2, 0.25) is 15.9 Å². The number of sulfonamides is 1. The maximum absolute atomic E-state index is 12.7. The van der Waals surface area contributed by atoms with Crippen LogP contribution >= 0.6 is 23.2 Å². The van der Waals surface area contributed by atoms with Crippen molar-refractivity contribution in [3.8, 4) is 0 Å². The second kappa shape index (κ2) is 10.3. The van der Waals surface area contributed by atoms with Gasteiger partial charge in [0.25, 0.3) is 0 Å². The van der Waals surface area contributed by atoms with Gasteiger partial charge in [-0.3, -0.25) is 4.79 Å². The second-order valence-electron chi connectivity index (χ2n) is 6.71. The summed E-state index contributed by atoms with van der Waals surface area (Å²) in [7, 11) is -3.49. The summed E-state index contributed by atoms with van der Waals surface area (Å²) in [5.74, 6) is -0.157. The molecule has 0 heterocycles. The van der Waals surface area contributed by atoms with Crippen LogP contribution in [0.4, 0.5) is 0 Å². The maximum Gasteiger partial charge on any atom is 0.247 e. The molecule has 0 aliphatic rings.